The maximum atomic E-state index is 11.0. The van der Waals surface area contributed by atoms with Crippen molar-refractivity contribution in [1.82, 2.24) is 5.32 Å². The van der Waals surface area contributed by atoms with Crippen LogP contribution in [0.25, 0.3) is 0 Å². The maximum absolute atomic E-state index is 11.0. The SMILES string of the molecule is CCCCC(NC1CCCC1C)C(=O)O. The molecular formula is C12H23NO2. The quantitative estimate of drug-likeness (QED) is 0.712. The third-order valence-electron chi connectivity index (χ3n) is 3.42. The lowest BCUT2D eigenvalue weighted by molar-refractivity contribution is -0.140. The zero-order valence-electron chi connectivity index (χ0n) is 9.83. The topological polar surface area (TPSA) is 49.3 Å². The molecule has 1 fully saturated rings. The van der Waals surface area contributed by atoms with Crippen LogP contribution in [0.3, 0.4) is 0 Å². The van der Waals surface area contributed by atoms with E-state index in [0.717, 1.165) is 25.7 Å². The fourth-order valence-electron chi connectivity index (χ4n) is 2.34. The molecule has 0 saturated heterocycles. The number of carboxylic acid groups (broad SMARTS) is 1. The first-order chi connectivity index (χ1) is 7.15. The maximum Gasteiger partial charge on any atom is 0.320 e. The van der Waals surface area contributed by atoms with E-state index in [2.05, 4.69) is 19.2 Å². The van der Waals surface area contributed by atoms with Gasteiger partial charge >= 0.3 is 5.97 Å². The predicted octanol–water partition coefficient (Wildman–Crippen LogP) is 2.41. The number of hydrogen-bond acceptors (Lipinski definition) is 2. The number of carboxylic acids is 1. The van der Waals surface area contributed by atoms with Crippen LogP contribution >= 0.6 is 0 Å². The molecule has 2 N–H and O–H groups in total. The second-order valence-electron chi connectivity index (χ2n) is 4.71. The molecule has 0 heterocycles. The summed E-state index contributed by atoms with van der Waals surface area (Å²) in [7, 11) is 0. The first kappa shape index (κ1) is 12.5. The summed E-state index contributed by atoms with van der Waals surface area (Å²) in [6.07, 6.45) is 6.42. The van der Waals surface area contributed by atoms with Crippen LogP contribution in [0, 0.1) is 5.92 Å². The van der Waals surface area contributed by atoms with E-state index in [1.54, 1.807) is 0 Å². The predicted molar refractivity (Wildman–Crippen MR) is 60.9 cm³/mol. The minimum Gasteiger partial charge on any atom is -0.480 e. The van der Waals surface area contributed by atoms with Gasteiger partial charge < -0.3 is 10.4 Å². The first-order valence-electron chi connectivity index (χ1n) is 6.14. The standard InChI is InChI=1S/C12H23NO2/c1-3-4-7-11(12(14)15)13-10-8-5-6-9(10)2/h9-11,13H,3-8H2,1-2H3,(H,14,15). The summed E-state index contributed by atoms with van der Waals surface area (Å²) in [5.74, 6) is -0.0592. The zero-order valence-corrected chi connectivity index (χ0v) is 9.83. The molecule has 0 spiro atoms. The Balaban J connectivity index is 2.39. The molecule has 15 heavy (non-hydrogen) atoms. The average molecular weight is 213 g/mol. The smallest absolute Gasteiger partial charge is 0.320 e. The van der Waals surface area contributed by atoms with Crippen LogP contribution < -0.4 is 5.32 Å². The summed E-state index contributed by atoms with van der Waals surface area (Å²) >= 11 is 0. The van der Waals surface area contributed by atoms with Crippen molar-refractivity contribution in [3.8, 4) is 0 Å². The monoisotopic (exact) mass is 213 g/mol. The fraction of sp³-hybridized carbons (Fsp3) is 0.917. The summed E-state index contributed by atoms with van der Waals surface area (Å²) in [6, 6.07) is 0.0819. The summed E-state index contributed by atoms with van der Waals surface area (Å²) in [5.41, 5.74) is 0. The minimum atomic E-state index is -0.692. The van der Waals surface area contributed by atoms with Crippen molar-refractivity contribution in [2.45, 2.75) is 64.5 Å². The largest absolute Gasteiger partial charge is 0.480 e. The number of carbonyl (C=O) groups is 1. The van der Waals surface area contributed by atoms with Crippen LogP contribution in [0.5, 0.6) is 0 Å². The number of hydrogen-bond donors (Lipinski definition) is 2. The first-order valence-corrected chi connectivity index (χ1v) is 6.14. The minimum absolute atomic E-state index is 0.338. The Morgan fingerprint density at radius 1 is 1.53 bits per heavy atom. The summed E-state index contributed by atoms with van der Waals surface area (Å²) in [6.45, 7) is 4.31. The van der Waals surface area contributed by atoms with Crippen LogP contribution in [-0.2, 0) is 4.79 Å². The van der Waals surface area contributed by atoms with E-state index in [9.17, 15) is 4.79 Å². The molecule has 1 aliphatic carbocycles. The van der Waals surface area contributed by atoms with Crippen LogP contribution in [0.2, 0.25) is 0 Å². The molecule has 1 saturated carbocycles. The molecule has 0 aromatic heterocycles. The van der Waals surface area contributed by atoms with E-state index >= 15 is 0 Å². The van der Waals surface area contributed by atoms with Gasteiger partial charge in [-0.2, -0.15) is 0 Å². The van der Waals surface area contributed by atoms with Crippen LogP contribution in [-0.4, -0.2) is 23.2 Å². The lowest BCUT2D eigenvalue weighted by Gasteiger charge is -2.22. The van der Waals surface area contributed by atoms with Crippen LogP contribution in [0.15, 0.2) is 0 Å². The summed E-state index contributed by atoms with van der Waals surface area (Å²) in [5, 5.41) is 12.4. The Bertz CT molecular complexity index is 206. The van der Waals surface area contributed by atoms with E-state index in [0.29, 0.717) is 12.0 Å². The molecule has 0 bridgehead atoms. The normalized spacial score (nSPS) is 27.9. The second kappa shape index (κ2) is 6.11. The van der Waals surface area contributed by atoms with Gasteiger partial charge in [-0.1, -0.05) is 33.1 Å². The van der Waals surface area contributed by atoms with Crippen molar-refractivity contribution in [3.63, 3.8) is 0 Å². The van der Waals surface area contributed by atoms with Crippen molar-refractivity contribution in [1.29, 1.82) is 0 Å². The van der Waals surface area contributed by atoms with Gasteiger partial charge in [0.2, 0.25) is 0 Å². The average Bonchev–Trinajstić information content (AvgIpc) is 2.58. The Hall–Kier alpha value is -0.570. The zero-order chi connectivity index (χ0) is 11.3. The molecule has 3 atom stereocenters. The summed E-state index contributed by atoms with van der Waals surface area (Å²) in [4.78, 5) is 11.0. The highest BCUT2D eigenvalue weighted by molar-refractivity contribution is 5.73. The molecule has 0 aromatic rings. The Morgan fingerprint density at radius 3 is 2.73 bits per heavy atom. The molecule has 0 aliphatic heterocycles. The van der Waals surface area contributed by atoms with Gasteiger partial charge in [0.25, 0.3) is 0 Å². The molecule has 3 nitrogen and oxygen atoms in total. The van der Waals surface area contributed by atoms with Crippen LogP contribution in [0.4, 0.5) is 0 Å². The van der Waals surface area contributed by atoms with Crippen molar-refractivity contribution in [3.05, 3.63) is 0 Å². The second-order valence-corrected chi connectivity index (χ2v) is 4.71. The van der Waals surface area contributed by atoms with Gasteiger partial charge in [0.1, 0.15) is 6.04 Å². The van der Waals surface area contributed by atoms with Gasteiger partial charge in [0.15, 0.2) is 0 Å². The van der Waals surface area contributed by atoms with Gasteiger partial charge in [-0.05, 0) is 25.2 Å². The molecule has 0 aromatic carbocycles. The highest BCUT2D eigenvalue weighted by atomic mass is 16.4. The summed E-state index contributed by atoms with van der Waals surface area (Å²) < 4.78 is 0. The fourth-order valence-corrected chi connectivity index (χ4v) is 2.34. The highest BCUT2D eigenvalue weighted by Crippen LogP contribution is 2.25. The van der Waals surface area contributed by atoms with E-state index in [1.165, 1.54) is 12.8 Å². The molecule has 1 aliphatic rings. The van der Waals surface area contributed by atoms with Crippen molar-refractivity contribution < 1.29 is 9.90 Å². The van der Waals surface area contributed by atoms with Crippen molar-refractivity contribution >= 4 is 5.97 Å². The van der Waals surface area contributed by atoms with Gasteiger partial charge in [-0.25, -0.2) is 0 Å². The van der Waals surface area contributed by atoms with Crippen molar-refractivity contribution in [2.24, 2.45) is 5.92 Å². The molecular weight excluding hydrogens is 190 g/mol. The number of nitrogens with one attached hydrogen (secondary N) is 1. The lowest BCUT2D eigenvalue weighted by Crippen LogP contribution is -2.44. The van der Waals surface area contributed by atoms with Crippen LogP contribution in [0.1, 0.15) is 52.4 Å². The molecule has 0 amide bonds. The molecule has 88 valence electrons. The molecule has 3 unspecified atom stereocenters. The van der Waals surface area contributed by atoms with E-state index < -0.39 is 5.97 Å². The van der Waals surface area contributed by atoms with Crippen molar-refractivity contribution in [2.75, 3.05) is 0 Å². The van der Waals surface area contributed by atoms with E-state index in [-0.39, 0.29) is 6.04 Å². The number of rotatable bonds is 6. The number of aliphatic carboxylic acids is 1. The lowest BCUT2D eigenvalue weighted by atomic mass is 10.0. The van der Waals surface area contributed by atoms with Gasteiger partial charge in [-0.15, -0.1) is 0 Å². The highest BCUT2D eigenvalue weighted by Gasteiger charge is 2.27. The van der Waals surface area contributed by atoms with Gasteiger partial charge in [-0.3, -0.25) is 4.79 Å². The molecule has 1 rings (SSSR count). The third kappa shape index (κ3) is 3.82. The molecule has 0 radical (unpaired) electrons. The molecule has 3 heteroatoms. The third-order valence-corrected chi connectivity index (χ3v) is 3.42. The Kier molecular flexibility index (Phi) is 5.09. The van der Waals surface area contributed by atoms with E-state index in [1.807, 2.05) is 0 Å². The number of unbranched alkanes of at least 4 members (excludes halogenated alkanes) is 1. The Morgan fingerprint density at radius 2 is 2.27 bits per heavy atom. The Labute approximate surface area is 92.3 Å². The van der Waals surface area contributed by atoms with Gasteiger partial charge in [0, 0.05) is 6.04 Å². The van der Waals surface area contributed by atoms with E-state index in [4.69, 9.17) is 5.11 Å². The van der Waals surface area contributed by atoms with Gasteiger partial charge in [0.05, 0.1) is 0 Å².